The molecule has 0 aliphatic rings. The summed E-state index contributed by atoms with van der Waals surface area (Å²) in [6.45, 7) is 0. The molecule has 0 N–H and O–H groups in total. The van der Waals surface area contributed by atoms with Gasteiger partial charge in [-0.1, -0.05) is 0 Å². The highest BCUT2D eigenvalue weighted by molar-refractivity contribution is 9.48. The maximum atomic E-state index is 4.72. The van der Waals surface area contributed by atoms with Crippen LogP contribution < -0.4 is 0 Å². The van der Waals surface area contributed by atoms with Gasteiger partial charge in [0.2, 0.25) is 0 Å². The molecule has 0 aliphatic heterocycles. The SMILES string of the molecule is C[O][Al]([Br])[Br]. The van der Waals surface area contributed by atoms with Crippen LogP contribution in [-0.2, 0) is 3.79 Å². The Kier molecular flexibility index (Phi) is 4.69. The first-order valence-electron chi connectivity index (χ1n) is 1.08. The standard InChI is InChI=1S/CH3O.Al.2BrH/c1-2;;;/h1H3;;2*1H/q-1;+3;;/p-2. The van der Waals surface area contributed by atoms with Crippen LogP contribution >= 0.6 is 28.1 Å². The number of rotatable bonds is 1. The highest BCUT2D eigenvalue weighted by atomic mass is 79.9. The smallest absolute Gasteiger partial charge is 0.486 e. The Morgan fingerprint density at radius 2 is 1.80 bits per heavy atom. The van der Waals surface area contributed by atoms with E-state index in [4.69, 9.17) is 3.79 Å². The van der Waals surface area contributed by atoms with Crippen molar-refractivity contribution in [2.24, 2.45) is 0 Å². The molecule has 0 aliphatic carbocycles. The van der Waals surface area contributed by atoms with E-state index in [2.05, 4.69) is 28.1 Å². The van der Waals surface area contributed by atoms with Crippen molar-refractivity contribution in [1.82, 2.24) is 0 Å². The summed E-state index contributed by atoms with van der Waals surface area (Å²) < 4.78 is 4.72. The van der Waals surface area contributed by atoms with Gasteiger partial charge in [-0.25, -0.2) is 0 Å². The van der Waals surface area contributed by atoms with E-state index in [0.717, 1.165) is 0 Å². The second kappa shape index (κ2) is 3.64. The molecular weight excluding hydrogens is 215 g/mol. The zero-order valence-electron chi connectivity index (χ0n) is 2.74. The van der Waals surface area contributed by atoms with E-state index in [1.807, 2.05) is 0 Å². The Hall–Kier alpha value is 1.45. The summed E-state index contributed by atoms with van der Waals surface area (Å²) in [4.78, 5) is 0. The predicted molar refractivity (Wildman–Crippen MR) is 30.6 cm³/mol. The van der Waals surface area contributed by atoms with Gasteiger partial charge >= 0.3 is 10.8 Å². The Bertz CT molecular complexity index is 23.6. The van der Waals surface area contributed by atoms with Crippen LogP contribution in [0.5, 0.6) is 0 Å². The third-order valence-corrected chi connectivity index (χ3v) is 2.78. The van der Waals surface area contributed by atoms with Gasteiger partial charge in [0.05, 0.1) is 0 Å². The van der Waals surface area contributed by atoms with Crippen molar-refractivity contribution in [1.29, 1.82) is 0 Å². The fraction of sp³-hybridized carbons (Fsp3) is 1.00. The minimum absolute atomic E-state index is 1.02. The van der Waals surface area contributed by atoms with Crippen molar-refractivity contribution in [2.45, 2.75) is 0 Å². The molecule has 0 unspecified atom stereocenters. The van der Waals surface area contributed by atoms with Crippen molar-refractivity contribution in [3.63, 3.8) is 0 Å². The van der Waals surface area contributed by atoms with Crippen molar-refractivity contribution >= 4 is 38.9 Å². The summed E-state index contributed by atoms with van der Waals surface area (Å²) >= 11 is 6.41. The van der Waals surface area contributed by atoms with Gasteiger partial charge in [0.15, 0.2) is 0 Å². The van der Waals surface area contributed by atoms with Crippen molar-refractivity contribution in [3.8, 4) is 0 Å². The molecule has 1 nitrogen and oxygen atoms in total. The van der Waals surface area contributed by atoms with Crippen molar-refractivity contribution in [2.75, 3.05) is 7.11 Å². The van der Waals surface area contributed by atoms with Gasteiger partial charge in [-0.2, -0.15) is 28.1 Å². The zero-order chi connectivity index (χ0) is 4.28. The normalized spacial score (nSPS) is 7.80. The van der Waals surface area contributed by atoms with Crippen LogP contribution in [0.2, 0.25) is 0 Å². The van der Waals surface area contributed by atoms with E-state index in [0.29, 0.717) is 0 Å². The van der Waals surface area contributed by atoms with E-state index >= 15 is 0 Å². The number of hydrogen-bond acceptors (Lipinski definition) is 1. The molecule has 0 saturated heterocycles. The number of halogens is 2. The summed E-state index contributed by atoms with van der Waals surface area (Å²) in [5, 5.41) is 0. The fourth-order valence-electron chi connectivity index (χ4n) is 0. The highest BCUT2D eigenvalue weighted by Crippen LogP contribution is 1.99. The second-order valence-corrected chi connectivity index (χ2v) is 10.2. The van der Waals surface area contributed by atoms with Crippen LogP contribution in [0.1, 0.15) is 0 Å². The summed E-state index contributed by atoms with van der Waals surface area (Å²) in [5.74, 6) is 0. The maximum absolute atomic E-state index is 4.72. The third kappa shape index (κ3) is 5.45. The summed E-state index contributed by atoms with van der Waals surface area (Å²) in [6.07, 6.45) is 0. The summed E-state index contributed by atoms with van der Waals surface area (Å²) in [5.41, 5.74) is 0. The van der Waals surface area contributed by atoms with Crippen LogP contribution in [0.3, 0.4) is 0 Å². The quantitative estimate of drug-likeness (QED) is 0.604. The van der Waals surface area contributed by atoms with Gasteiger partial charge in [-0.15, -0.1) is 0 Å². The molecule has 0 bridgehead atoms. The van der Waals surface area contributed by atoms with E-state index < -0.39 is 10.8 Å². The molecule has 5 heavy (non-hydrogen) atoms. The van der Waals surface area contributed by atoms with E-state index in [1.54, 1.807) is 7.11 Å². The molecule has 0 saturated carbocycles. The third-order valence-electron chi connectivity index (χ3n) is 0.178. The maximum Gasteiger partial charge on any atom is 0.653 e. The van der Waals surface area contributed by atoms with Crippen LogP contribution in [-0.4, -0.2) is 17.9 Å². The lowest BCUT2D eigenvalue weighted by Gasteiger charge is -1.82. The molecule has 0 aromatic carbocycles. The van der Waals surface area contributed by atoms with Crippen molar-refractivity contribution < 1.29 is 3.79 Å². The average molecular weight is 218 g/mol. The Balaban J connectivity index is 2.54. The molecule has 0 rings (SSSR count). The van der Waals surface area contributed by atoms with Crippen LogP contribution in [0.4, 0.5) is 0 Å². The molecule has 0 heterocycles. The first kappa shape index (κ1) is 6.45. The molecule has 0 atom stereocenters. The van der Waals surface area contributed by atoms with Gasteiger partial charge in [0.25, 0.3) is 0 Å². The molecule has 0 aromatic rings. The largest absolute Gasteiger partial charge is 0.653 e. The first-order chi connectivity index (χ1) is 2.27. The molecule has 0 radical (unpaired) electrons. The molecule has 30 valence electrons. The Morgan fingerprint density at radius 3 is 1.80 bits per heavy atom. The highest BCUT2D eigenvalue weighted by Gasteiger charge is 2.05. The molecule has 0 spiro atoms. The summed E-state index contributed by atoms with van der Waals surface area (Å²) in [7, 11) is 0.642. The lowest BCUT2D eigenvalue weighted by Crippen LogP contribution is -1.91. The Labute approximate surface area is 49.7 Å². The van der Waals surface area contributed by atoms with Gasteiger partial charge in [-0.3, -0.25) is 0 Å². The first-order valence-corrected chi connectivity index (χ1v) is 7.92. The monoisotopic (exact) mass is 216 g/mol. The van der Waals surface area contributed by atoms with E-state index in [9.17, 15) is 0 Å². The lowest BCUT2D eigenvalue weighted by molar-refractivity contribution is 0.453. The molecule has 0 aromatic heterocycles. The minimum atomic E-state index is -1.02. The topological polar surface area (TPSA) is 9.23 Å². The van der Waals surface area contributed by atoms with Crippen LogP contribution in [0.25, 0.3) is 0 Å². The molecule has 0 fully saturated rings. The molecule has 0 amide bonds. The Morgan fingerprint density at radius 1 is 1.60 bits per heavy atom. The van der Waals surface area contributed by atoms with Gasteiger partial charge < -0.3 is 3.79 Å². The average Bonchev–Trinajstić information content (AvgIpc) is 1.38. The minimum Gasteiger partial charge on any atom is -0.486 e. The van der Waals surface area contributed by atoms with E-state index in [1.165, 1.54) is 0 Å². The lowest BCUT2D eigenvalue weighted by atomic mass is 11.8. The fourth-order valence-corrected chi connectivity index (χ4v) is 0. The molecule has 4 heteroatoms. The zero-order valence-corrected chi connectivity index (χ0v) is 7.07. The van der Waals surface area contributed by atoms with E-state index in [-0.39, 0.29) is 0 Å². The second-order valence-electron chi connectivity index (χ2n) is 0.496. The predicted octanol–water partition coefficient (Wildman–Crippen LogP) is 1.41. The number of hydrogen-bond donors (Lipinski definition) is 0. The van der Waals surface area contributed by atoms with Crippen LogP contribution in [0.15, 0.2) is 0 Å². The molecular formula is CH3AlBr2O. The van der Waals surface area contributed by atoms with Gasteiger partial charge in [-0.05, 0) is 0 Å². The van der Waals surface area contributed by atoms with Gasteiger partial charge in [0, 0.05) is 7.11 Å². The van der Waals surface area contributed by atoms with Crippen LogP contribution in [0, 0.1) is 0 Å². The summed E-state index contributed by atoms with van der Waals surface area (Å²) in [6, 6.07) is 0. The van der Waals surface area contributed by atoms with Gasteiger partial charge in [0.1, 0.15) is 0 Å². The van der Waals surface area contributed by atoms with Crippen molar-refractivity contribution in [3.05, 3.63) is 0 Å².